The first-order valence-electron chi connectivity index (χ1n) is 9.16. The van der Waals surface area contributed by atoms with Crippen LogP contribution in [0.2, 0.25) is 0 Å². The number of nitrogens with one attached hydrogen (secondary N) is 2. The number of carbonyl (C=O) groups excluding carboxylic acids is 1. The normalized spacial score (nSPS) is 10.2. The van der Waals surface area contributed by atoms with Crippen molar-refractivity contribution in [2.24, 2.45) is 0 Å². The molecule has 1 aromatic heterocycles. The molecule has 0 bridgehead atoms. The molecule has 0 amide bonds. The van der Waals surface area contributed by atoms with Crippen LogP contribution in [-0.2, 0) is 4.74 Å². The largest absolute Gasteiger partial charge is 0.493 e. The van der Waals surface area contributed by atoms with Crippen molar-refractivity contribution in [2.45, 2.75) is 0 Å². The van der Waals surface area contributed by atoms with Crippen LogP contribution in [0.1, 0.15) is 10.4 Å². The Hall–Kier alpha value is -3.30. The SMILES string of the molecule is COC(=O)c1cc(-c2ccccc2)sc1NC(=S)Nc1cc(OC)c(OC)c(OC)c1. The maximum absolute atomic E-state index is 12.3. The Bertz CT molecular complexity index is 1060. The first kappa shape index (κ1) is 22.4. The molecule has 0 aliphatic carbocycles. The number of thiocarbonyl (C=S) groups is 1. The molecule has 0 atom stereocenters. The maximum Gasteiger partial charge on any atom is 0.340 e. The summed E-state index contributed by atoms with van der Waals surface area (Å²) >= 11 is 6.87. The van der Waals surface area contributed by atoms with Crippen LogP contribution < -0.4 is 24.8 Å². The first-order valence-corrected chi connectivity index (χ1v) is 10.4. The number of thiophene rings is 1. The predicted molar refractivity (Wildman–Crippen MR) is 127 cm³/mol. The monoisotopic (exact) mass is 458 g/mol. The Morgan fingerprint density at radius 2 is 1.55 bits per heavy atom. The minimum atomic E-state index is -0.448. The van der Waals surface area contributed by atoms with E-state index in [0.717, 1.165) is 10.4 Å². The lowest BCUT2D eigenvalue weighted by Gasteiger charge is -2.16. The van der Waals surface area contributed by atoms with Gasteiger partial charge in [-0.05, 0) is 23.8 Å². The van der Waals surface area contributed by atoms with E-state index in [9.17, 15) is 4.79 Å². The minimum Gasteiger partial charge on any atom is -0.493 e. The van der Waals surface area contributed by atoms with Crippen LogP contribution in [-0.4, -0.2) is 39.5 Å². The average molecular weight is 459 g/mol. The van der Waals surface area contributed by atoms with Crippen LogP contribution >= 0.6 is 23.6 Å². The highest BCUT2D eigenvalue weighted by molar-refractivity contribution is 7.80. The second-order valence-electron chi connectivity index (χ2n) is 6.20. The number of esters is 1. The van der Waals surface area contributed by atoms with Crippen LogP contribution in [0.4, 0.5) is 10.7 Å². The molecule has 7 nitrogen and oxygen atoms in total. The van der Waals surface area contributed by atoms with Crippen molar-refractivity contribution in [3.8, 4) is 27.7 Å². The summed E-state index contributed by atoms with van der Waals surface area (Å²) in [5, 5.41) is 7.05. The molecular formula is C22H22N2O5S2. The molecule has 0 spiro atoms. The van der Waals surface area contributed by atoms with Crippen molar-refractivity contribution in [3.63, 3.8) is 0 Å². The van der Waals surface area contributed by atoms with Crippen LogP contribution in [0.25, 0.3) is 10.4 Å². The highest BCUT2D eigenvalue weighted by Crippen LogP contribution is 2.40. The molecule has 0 aliphatic heterocycles. The summed E-state index contributed by atoms with van der Waals surface area (Å²) < 4.78 is 21.0. The molecule has 2 aromatic carbocycles. The van der Waals surface area contributed by atoms with Gasteiger partial charge in [-0.15, -0.1) is 11.3 Å². The third kappa shape index (κ3) is 5.07. The topological polar surface area (TPSA) is 78.1 Å². The standard InChI is InChI=1S/C22H22N2O5S2/c1-26-16-10-14(11-17(27-2)19(16)28-3)23-22(30)24-20-15(21(25)29-4)12-18(31-20)13-8-6-5-7-9-13/h5-12H,1-4H3,(H2,23,24,30). The Labute approximate surface area is 189 Å². The van der Waals surface area contributed by atoms with Gasteiger partial charge in [-0.25, -0.2) is 4.79 Å². The van der Waals surface area contributed by atoms with Crippen LogP contribution in [0.3, 0.4) is 0 Å². The van der Waals surface area contributed by atoms with Crippen LogP contribution in [0.15, 0.2) is 48.5 Å². The Balaban J connectivity index is 1.86. The van der Waals surface area contributed by atoms with Crippen molar-refractivity contribution in [3.05, 3.63) is 54.1 Å². The smallest absolute Gasteiger partial charge is 0.340 e. The van der Waals surface area contributed by atoms with Crippen molar-refractivity contribution in [1.82, 2.24) is 0 Å². The Morgan fingerprint density at radius 3 is 2.10 bits per heavy atom. The van der Waals surface area contributed by atoms with Gasteiger partial charge in [-0.3, -0.25) is 0 Å². The molecule has 3 rings (SSSR count). The maximum atomic E-state index is 12.3. The summed E-state index contributed by atoms with van der Waals surface area (Å²) in [6.07, 6.45) is 0. The van der Waals surface area contributed by atoms with Gasteiger partial charge in [0.1, 0.15) is 5.00 Å². The predicted octanol–water partition coefficient (Wildman–Crippen LogP) is 5.04. The molecule has 9 heteroatoms. The van der Waals surface area contributed by atoms with Crippen molar-refractivity contribution in [1.29, 1.82) is 0 Å². The number of benzene rings is 2. The molecule has 31 heavy (non-hydrogen) atoms. The fraction of sp³-hybridized carbons (Fsp3) is 0.182. The number of hydrogen-bond donors (Lipinski definition) is 2. The minimum absolute atomic E-state index is 0.292. The molecule has 0 radical (unpaired) electrons. The summed E-state index contributed by atoms with van der Waals surface area (Å²) in [6.45, 7) is 0. The fourth-order valence-electron chi connectivity index (χ4n) is 2.91. The lowest BCUT2D eigenvalue weighted by molar-refractivity contribution is 0.0602. The van der Waals surface area contributed by atoms with E-state index in [1.165, 1.54) is 39.8 Å². The highest BCUT2D eigenvalue weighted by atomic mass is 32.1. The van der Waals surface area contributed by atoms with Gasteiger partial charge in [0.2, 0.25) is 5.75 Å². The lowest BCUT2D eigenvalue weighted by atomic mass is 10.1. The molecule has 0 saturated carbocycles. The highest BCUT2D eigenvalue weighted by Gasteiger charge is 2.19. The van der Waals surface area contributed by atoms with Gasteiger partial charge >= 0.3 is 5.97 Å². The van der Waals surface area contributed by atoms with E-state index in [4.69, 9.17) is 31.2 Å². The average Bonchev–Trinajstić information content (AvgIpc) is 3.21. The quantitative estimate of drug-likeness (QED) is 0.377. The number of hydrogen-bond acceptors (Lipinski definition) is 7. The van der Waals surface area contributed by atoms with Gasteiger partial charge in [0.15, 0.2) is 16.6 Å². The van der Waals surface area contributed by atoms with Gasteiger partial charge in [0.05, 0.1) is 34.0 Å². The zero-order valence-electron chi connectivity index (χ0n) is 17.5. The summed E-state index contributed by atoms with van der Waals surface area (Å²) in [5.41, 5.74) is 2.03. The number of carbonyl (C=O) groups is 1. The molecule has 2 N–H and O–H groups in total. The van der Waals surface area contributed by atoms with Gasteiger partial charge in [-0.1, -0.05) is 30.3 Å². The zero-order chi connectivity index (χ0) is 22.4. The van der Waals surface area contributed by atoms with Gasteiger partial charge in [-0.2, -0.15) is 0 Å². The van der Waals surface area contributed by atoms with E-state index in [1.54, 1.807) is 18.2 Å². The van der Waals surface area contributed by atoms with Gasteiger partial charge in [0.25, 0.3) is 0 Å². The van der Waals surface area contributed by atoms with E-state index in [0.29, 0.717) is 38.6 Å². The van der Waals surface area contributed by atoms with E-state index < -0.39 is 5.97 Å². The fourth-order valence-corrected chi connectivity index (χ4v) is 4.25. The van der Waals surface area contributed by atoms with E-state index in [1.807, 2.05) is 30.3 Å². The lowest BCUT2D eigenvalue weighted by Crippen LogP contribution is -2.20. The molecule has 3 aromatic rings. The van der Waals surface area contributed by atoms with Crippen molar-refractivity contribution >= 4 is 45.3 Å². The molecule has 0 aliphatic rings. The molecule has 0 saturated heterocycles. The third-order valence-electron chi connectivity index (χ3n) is 4.35. The molecule has 0 fully saturated rings. The van der Waals surface area contributed by atoms with Crippen molar-refractivity contribution < 1.29 is 23.7 Å². The second kappa shape index (κ2) is 10.1. The van der Waals surface area contributed by atoms with Crippen molar-refractivity contribution in [2.75, 3.05) is 39.1 Å². The Morgan fingerprint density at radius 1 is 0.903 bits per heavy atom. The molecule has 0 unspecified atom stereocenters. The van der Waals surface area contributed by atoms with Gasteiger partial charge in [0, 0.05) is 22.7 Å². The summed E-state index contributed by atoms with van der Waals surface area (Å²) in [5.74, 6) is 1.01. The number of ether oxygens (including phenoxy) is 4. The summed E-state index contributed by atoms with van der Waals surface area (Å²) in [7, 11) is 5.96. The molecular weight excluding hydrogens is 436 g/mol. The first-order chi connectivity index (χ1) is 15.0. The molecule has 1 heterocycles. The zero-order valence-corrected chi connectivity index (χ0v) is 19.1. The third-order valence-corrected chi connectivity index (χ3v) is 5.65. The summed E-state index contributed by atoms with van der Waals surface area (Å²) in [4.78, 5) is 13.2. The molecule has 162 valence electrons. The van der Waals surface area contributed by atoms with E-state index in [-0.39, 0.29) is 0 Å². The number of methoxy groups -OCH3 is 4. The summed E-state index contributed by atoms with van der Waals surface area (Å²) in [6, 6.07) is 15.0. The van der Waals surface area contributed by atoms with Gasteiger partial charge < -0.3 is 29.6 Å². The number of anilines is 2. The van der Waals surface area contributed by atoms with E-state index >= 15 is 0 Å². The number of rotatable bonds is 7. The second-order valence-corrected chi connectivity index (χ2v) is 7.66. The Kier molecular flexibility index (Phi) is 7.32. The van der Waals surface area contributed by atoms with E-state index in [2.05, 4.69) is 10.6 Å². The van der Waals surface area contributed by atoms with Crippen LogP contribution in [0, 0.1) is 0 Å². The van der Waals surface area contributed by atoms with Crippen LogP contribution in [0.5, 0.6) is 17.2 Å².